The maximum atomic E-state index is 11.9. The fourth-order valence-electron chi connectivity index (χ4n) is 1.60. The summed E-state index contributed by atoms with van der Waals surface area (Å²) in [6, 6.07) is 0. The largest absolute Gasteiger partial charge is 0.316 e. The zero-order chi connectivity index (χ0) is 13.8. The Morgan fingerprint density at radius 1 is 1.50 bits per heavy atom. The predicted octanol–water partition coefficient (Wildman–Crippen LogP) is 0.146. The molecule has 2 N–H and O–H groups in total. The highest BCUT2D eigenvalue weighted by molar-refractivity contribution is 7.90. The molecule has 1 unspecified atom stereocenters. The summed E-state index contributed by atoms with van der Waals surface area (Å²) in [5.74, 6) is 0. The molecule has 1 aromatic heterocycles. The van der Waals surface area contributed by atoms with Crippen molar-refractivity contribution >= 4 is 10.0 Å². The van der Waals surface area contributed by atoms with Gasteiger partial charge in [-0.2, -0.15) is 5.10 Å². The van der Waals surface area contributed by atoms with Crippen LogP contribution in [0.2, 0.25) is 0 Å². The SMILES string of the molecule is CCNCC(C)S(=O)(=O)NCc1cn(C)nc1C. The molecule has 1 atom stereocenters. The molecule has 0 amide bonds. The Morgan fingerprint density at radius 2 is 2.17 bits per heavy atom. The van der Waals surface area contributed by atoms with Gasteiger partial charge in [-0.3, -0.25) is 4.68 Å². The van der Waals surface area contributed by atoms with E-state index in [0.29, 0.717) is 13.1 Å². The Bertz CT molecular complexity index is 481. The van der Waals surface area contributed by atoms with Crippen molar-refractivity contribution in [2.24, 2.45) is 7.05 Å². The molecule has 0 fully saturated rings. The smallest absolute Gasteiger partial charge is 0.215 e. The van der Waals surface area contributed by atoms with Crippen molar-refractivity contribution < 1.29 is 8.42 Å². The van der Waals surface area contributed by atoms with Crippen molar-refractivity contribution in [2.75, 3.05) is 13.1 Å². The van der Waals surface area contributed by atoms with Crippen LogP contribution in [-0.4, -0.2) is 36.5 Å². The lowest BCUT2D eigenvalue weighted by atomic mass is 10.3. The number of aromatic nitrogens is 2. The summed E-state index contributed by atoms with van der Waals surface area (Å²) in [6.45, 7) is 7.02. The van der Waals surface area contributed by atoms with Crippen LogP contribution in [-0.2, 0) is 23.6 Å². The molecule has 0 aliphatic heterocycles. The maximum Gasteiger partial charge on any atom is 0.215 e. The fourth-order valence-corrected chi connectivity index (χ4v) is 2.58. The Balaban J connectivity index is 2.59. The predicted molar refractivity (Wildman–Crippen MR) is 71.7 cm³/mol. The monoisotopic (exact) mass is 274 g/mol. The van der Waals surface area contributed by atoms with Crippen LogP contribution < -0.4 is 10.0 Å². The number of nitrogens with zero attached hydrogens (tertiary/aromatic N) is 2. The van der Waals surface area contributed by atoms with Crippen molar-refractivity contribution in [3.05, 3.63) is 17.5 Å². The van der Waals surface area contributed by atoms with Gasteiger partial charge in [0.05, 0.1) is 10.9 Å². The van der Waals surface area contributed by atoms with E-state index in [0.717, 1.165) is 17.8 Å². The standard InChI is InChI=1S/C11H22N4O2S/c1-5-12-6-9(2)18(16,17)13-7-11-8-15(4)14-10(11)3/h8-9,12-13H,5-7H2,1-4H3. The highest BCUT2D eigenvalue weighted by Crippen LogP contribution is 2.06. The van der Waals surface area contributed by atoms with Crippen LogP contribution in [0.5, 0.6) is 0 Å². The third-order valence-electron chi connectivity index (χ3n) is 2.79. The minimum Gasteiger partial charge on any atom is -0.316 e. The molecule has 0 bridgehead atoms. The van der Waals surface area contributed by atoms with E-state index in [9.17, 15) is 8.42 Å². The van der Waals surface area contributed by atoms with E-state index in [1.165, 1.54) is 0 Å². The summed E-state index contributed by atoms with van der Waals surface area (Å²) in [6.07, 6.45) is 1.83. The molecular formula is C11H22N4O2S. The molecule has 6 nitrogen and oxygen atoms in total. The highest BCUT2D eigenvalue weighted by atomic mass is 32.2. The molecule has 0 radical (unpaired) electrons. The van der Waals surface area contributed by atoms with Gasteiger partial charge in [0.2, 0.25) is 10.0 Å². The molecule has 18 heavy (non-hydrogen) atoms. The molecule has 0 aliphatic rings. The minimum atomic E-state index is -3.29. The third kappa shape index (κ3) is 4.08. The van der Waals surface area contributed by atoms with Gasteiger partial charge >= 0.3 is 0 Å². The number of aryl methyl sites for hydroxylation is 2. The van der Waals surface area contributed by atoms with E-state index >= 15 is 0 Å². The molecule has 1 rings (SSSR count). The number of hydrogen-bond donors (Lipinski definition) is 2. The van der Waals surface area contributed by atoms with E-state index in [-0.39, 0.29) is 0 Å². The molecule has 104 valence electrons. The second-order valence-electron chi connectivity index (χ2n) is 4.40. The lowest BCUT2D eigenvalue weighted by Gasteiger charge is -2.13. The van der Waals surface area contributed by atoms with Crippen LogP contribution in [0, 0.1) is 6.92 Å². The first-order valence-electron chi connectivity index (χ1n) is 6.05. The lowest BCUT2D eigenvalue weighted by molar-refractivity contribution is 0.559. The average molecular weight is 274 g/mol. The van der Waals surface area contributed by atoms with E-state index in [1.54, 1.807) is 11.6 Å². The molecule has 1 heterocycles. The molecule has 0 saturated carbocycles. The molecule has 0 saturated heterocycles. The molecule has 7 heteroatoms. The first kappa shape index (κ1) is 15.1. The average Bonchev–Trinajstić information content (AvgIpc) is 2.62. The topological polar surface area (TPSA) is 76.0 Å². The van der Waals surface area contributed by atoms with Gasteiger partial charge in [-0.25, -0.2) is 13.1 Å². The van der Waals surface area contributed by atoms with Crippen LogP contribution in [0.4, 0.5) is 0 Å². The number of sulfonamides is 1. The van der Waals surface area contributed by atoms with Crippen LogP contribution in [0.25, 0.3) is 0 Å². The Morgan fingerprint density at radius 3 is 2.67 bits per heavy atom. The van der Waals surface area contributed by atoms with Gasteiger partial charge in [-0.1, -0.05) is 6.92 Å². The van der Waals surface area contributed by atoms with Gasteiger partial charge in [0.15, 0.2) is 0 Å². The van der Waals surface area contributed by atoms with Crippen molar-refractivity contribution in [1.82, 2.24) is 19.8 Å². The maximum absolute atomic E-state index is 11.9. The van der Waals surface area contributed by atoms with Gasteiger partial charge in [0.1, 0.15) is 0 Å². The quantitative estimate of drug-likeness (QED) is 0.742. The van der Waals surface area contributed by atoms with Crippen molar-refractivity contribution in [3.8, 4) is 0 Å². The van der Waals surface area contributed by atoms with Crippen molar-refractivity contribution in [1.29, 1.82) is 0 Å². The van der Waals surface area contributed by atoms with Gasteiger partial charge in [-0.05, 0) is 20.4 Å². The number of hydrogen-bond acceptors (Lipinski definition) is 4. The van der Waals surface area contributed by atoms with E-state index in [4.69, 9.17) is 0 Å². The fraction of sp³-hybridized carbons (Fsp3) is 0.727. The summed E-state index contributed by atoms with van der Waals surface area (Å²) in [7, 11) is -1.47. The van der Waals surface area contributed by atoms with Crippen molar-refractivity contribution in [2.45, 2.75) is 32.6 Å². The molecule has 0 aliphatic carbocycles. The summed E-state index contributed by atoms with van der Waals surface area (Å²) in [5, 5.41) is 6.76. The summed E-state index contributed by atoms with van der Waals surface area (Å²) in [5.41, 5.74) is 1.75. The summed E-state index contributed by atoms with van der Waals surface area (Å²) >= 11 is 0. The Hall–Kier alpha value is -0.920. The zero-order valence-electron chi connectivity index (χ0n) is 11.4. The van der Waals surface area contributed by atoms with E-state index in [1.807, 2.05) is 27.1 Å². The molecule has 1 aromatic rings. The van der Waals surface area contributed by atoms with Crippen LogP contribution in [0.1, 0.15) is 25.1 Å². The zero-order valence-corrected chi connectivity index (χ0v) is 12.2. The van der Waals surface area contributed by atoms with Gasteiger partial charge in [-0.15, -0.1) is 0 Å². The number of nitrogens with one attached hydrogen (secondary N) is 2. The highest BCUT2D eigenvalue weighted by Gasteiger charge is 2.20. The molecule has 0 aromatic carbocycles. The molecule has 0 spiro atoms. The van der Waals surface area contributed by atoms with Gasteiger partial charge in [0, 0.05) is 31.9 Å². The van der Waals surface area contributed by atoms with E-state index in [2.05, 4.69) is 15.1 Å². The van der Waals surface area contributed by atoms with Crippen LogP contribution in [0.3, 0.4) is 0 Å². The second kappa shape index (κ2) is 6.31. The molecular weight excluding hydrogens is 252 g/mol. The first-order chi connectivity index (χ1) is 8.36. The number of rotatable bonds is 7. The third-order valence-corrected chi connectivity index (χ3v) is 4.56. The van der Waals surface area contributed by atoms with Crippen LogP contribution >= 0.6 is 0 Å². The summed E-state index contributed by atoms with van der Waals surface area (Å²) < 4.78 is 28.2. The van der Waals surface area contributed by atoms with Crippen LogP contribution in [0.15, 0.2) is 6.20 Å². The van der Waals surface area contributed by atoms with Gasteiger partial charge < -0.3 is 5.32 Å². The lowest BCUT2D eigenvalue weighted by Crippen LogP contribution is -2.38. The van der Waals surface area contributed by atoms with Gasteiger partial charge in [0.25, 0.3) is 0 Å². The van der Waals surface area contributed by atoms with E-state index < -0.39 is 15.3 Å². The Labute approximate surface area is 109 Å². The summed E-state index contributed by atoms with van der Waals surface area (Å²) in [4.78, 5) is 0. The normalized spacial score (nSPS) is 13.8. The minimum absolute atomic E-state index is 0.290. The Kier molecular flexibility index (Phi) is 5.30. The second-order valence-corrected chi connectivity index (χ2v) is 6.58. The van der Waals surface area contributed by atoms with Crippen molar-refractivity contribution in [3.63, 3.8) is 0 Å². The first-order valence-corrected chi connectivity index (χ1v) is 7.59.